The number of hydrogen-bond acceptors (Lipinski definition) is 4. The van der Waals surface area contributed by atoms with Gasteiger partial charge in [0.1, 0.15) is 11.6 Å². The number of ether oxygens (including phenoxy) is 2. The second-order valence-corrected chi connectivity index (χ2v) is 7.69. The largest absolute Gasteiger partial charge is 0.463 e. The van der Waals surface area contributed by atoms with E-state index in [1.165, 1.54) is 6.07 Å². The van der Waals surface area contributed by atoms with Gasteiger partial charge in [-0.25, -0.2) is 9.18 Å². The Morgan fingerprint density at radius 3 is 2.21 bits per heavy atom. The highest BCUT2D eigenvalue weighted by Crippen LogP contribution is 2.29. The lowest BCUT2D eigenvalue weighted by Gasteiger charge is -2.09. The molecule has 34 heavy (non-hydrogen) atoms. The van der Waals surface area contributed by atoms with Gasteiger partial charge in [-0.15, -0.1) is 6.58 Å². The minimum Gasteiger partial charge on any atom is -0.463 e. The Bertz CT molecular complexity index is 1150. The topological polar surface area (TPSA) is 52.6 Å². The first-order valence-electron chi connectivity index (χ1n) is 11.1. The van der Waals surface area contributed by atoms with Gasteiger partial charge in [0.25, 0.3) is 0 Å². The highest BCUT2D eigenvalue weighted by Gasteiger charge is 2.09. The lowest BCUT2D eigenvalue weighted by atomic mass is 9.98. The Balaban J connectivity index is 1.62. The van der Waals surface area contributed by atoms with Crippen LogP contribution in [0.25, 0.3) is 22.3 Å². The molecule has 0 bridgehead atoms. The Morgan fingerprint density at radius 1 is 0.882 bits per heavy atom. The molecule has 0 atom stereocenters. The molecule has 0 heterocycles. The van der Waals surface area contributed by atoms with E-state index in [9.17, 15) is 14.0 Å². The number of hydrogen-bond donors (Lipinski definition) is 0. The minimum absolute atomic E-state index is 0.271. The van der Waals surface area contributed by atoms with Gasteiger partial charge in [-0.3, -0.25) is 4.79 Å². The molecule has 0 aliphatic heterocycles. The molecular formula is C29H27FO4. The van der Waals surface area contributed by atoms with E-state index < -0.39 is 5.97 Å². The third kappa shape index (κ3) is 7.01. The van der Waals surface area contributed by atoms with Gasteiger partial charge in [-0.1, -0.05) is 61.2 Å². The Labute approximate surface area is 199 Å². The smallest absolute Gasteiger partial charge is 0.330 e. The number of carbonyl (C=O) groups is 2. The molecule has 0 spiro atoms. The zero-order valence-corrected chi connectivity index (χ0v) is 19.0. The molecule has 0 saturated carbocycles. The van der Waals surface area contributed by atoms with Crippen molar-refractivity contribution in [2.75, 3.05) is 6.61 Å². The van der Waals surface area contributed by atoms with E-state index in [-0.39, 0.29) is 18.2 Å². The van der Waals surface area contributed by atoms with Crippen molar-refractivity contribution in [2.45, 2.75) is 25.7 Å². The van der Waals surface area contributed by atoms with E-state index in [1.807, 2.05) is 30.3 Å². The molecule has 0 N–H and O–H groups in total. The molecule has 174 valence electrons. The number of benzene rings is 3. The standard InChI is InChI=1S/C29H27FO4/c1-3-5-8-29(32)34-25-16-13-23(14-17-25)26-18-15-24(20-27(26)30)22-11-9-21(10-12-22)7-6-19-33-28(31)4-2/h3-4,9-18,20H,1-2,5-8,19H2. The fourth-order valence-corrected chi connectivity index (χ4v) is 3.41. The van der Waals surface area contributed by atoms with Crippen LogP contribution in [0, 0.1) is 5.82 Å². The van der Waals surface area contributed by atoms with E-state index in [1.54, 1.807) is 36.4 Å². The summed E-state index contributed by atoms with van der Waals surface area (Å²) in [4.78, 5) is 22.8. The monoisotopic (exact) mass is 458 g/mol. The van der Waals surface area contributed by atoms with Crippen molar-refractivity contribution in [2.24, 2.45) is 0 Å². The van der Waals surface area contributed by atoms with Crippen LogP contribution in [0.3, 0.4) is 0 Å². The third-order valence-corrected chi connectivity index (χ3v) is 5.23. The van der Waals surface area contributed by atoms with Crippen LogP contribution in [0.15, 0.2) is 92.0 Å². The molecule has 3 rings (SSSR count). The first-order chi connectivity index (χ1) is 16.5. The lowest BCUT2D eigenvalue weighted by Crippen LogP contribution is -2.06. The number of aryl methyl sites for hydroxylation is 1. The number of rotatable bonds is 11. The summed E-state index contributed by atoms with van der Waals surface area (Å²) in [6.45, 7) is 7.29. The van der Waals surface area contributed by atoms with Gasteiger partial charge < -0.3 is 9.47 Å². The normalized spacial score (nSPS) is 10.4. The van der Waals surface area contributed by atoms with Crippen molar-refractivity contribution in [1.82, 2.24) is 0 Å². The second-order valence-electron chi connectivity index (χ2n) is 7.69. The van der Waals surface area contributed by atoms with Crippen LogP contribution in [0.5, 0.6) is 5.75 Å². The molecule has 0 aliphatic carbocycles. The molecular weight excluding hydrogens is 431 g/mol. The molecule has 5 heteroatoms. The first kappa shape index (κ1) is 24.6. The van der Waals surface area contributed by atoms with Gasteiger partial charge in [0, 0.05) is 18.1 Å². The lowest BCUT2D eigenvalue weighted by molar-refractivity contribution is -0.138. The third-order valence-electron chi connectivity index (χ3n) is 5.23. The van der Waals surface area contributed by atoms with Crippen molar-refractivity contribution < 1.29 is 23.5 Å². The van der Waals surface area contributed by atoms with Gasteiger partial charge in [0.05, 0.1) is 6.61 Å². The zero-order chi connectivity index (χ0) is 24.3. The van der Waals surface area contributed by atoms with Crippen molar-refractivity contribution in [3.8, 4) is 28.0 Å². The second kappa shape index (κ2) is 12.3. The summed E-state index contributed by atoms with van der Waals surface area (Å²) < 4.78 is 25.2. The molecule has 0 radical (unpaired) electrons. The fraction of sp³-hybridized carbons (Fsp3) is 0.172. The van der Waals surface area contributed by atoms with E-state index in [0.29, 0.717) is 29.9 Å². The number of halogens is 1. The van der Waals surface area contributed by atoms with Crippen molar-refractivity contribution in [3.63, 3.8) is 0 Å². The molecule has 4 nitrogen and oxygen atoms in total. The molecule has 0 fully saturated rings. The average Bonchev–Trinajstić information content (AvgIpc) is 2.86. The SMILES string of the molecule is C=CCCC(=O)Oc1ccc(-c2ccc(-c3ccc(CCCOC(=O)C=C)cc3)cc2F)cc1. The predicted molar refractivity (Wildman–Crippen MR) is 132 cm³/mol. The number of carbonyl (C=O) groups excluding carboxylic acids is 2. The van der Waals surface area contributed by atoms with Crippen molar-refractivity contribution in [3.05, 3.63) is 103 Å². The van der Waals surface area contributed by atoms with E-state index in [4.69, 9.17) is 9.47 Å². The van der Waals surface area contributed by atoms with Crippen LogP contribution in [0.1, 0.15) is 24.8 Å². The summed E-state index contributed by atoms with van der Waals surface area (Å²) in [6, 6.07) is 19.8. The van der Waals surface area contributed by atoms with Gasteiger partial charge in [0.15, 0.2) is 0 Å². The maximum Gasteiger partial charge on any atom is 0.330 e. The average molecular weight is 459 g/mol. The van der Waals surface area contributed by atoms with Crippen LogP contribution in [-0.4, -0.2) is 18.5 Å². The fourth-order valence-electron chi connectivity index (χ4n) is 3.41. The van der Waals surface area contributed by atoms with Crippen LogP contribution >= 0.6 is 0 Å². The maximum atomic E-state index is 14.9. The summed E-state index contributed by atoms with van der Waals surface area (Å²) in [5, 5.41) is 0. The minimum atomic E-state index is -0.417. The molecule has 3 aromatic rings. The van der Waals surface area contributed by atoms with E-state index in [0.717, 1.165) is 35.6 Å². The Hall–Kier alpha value is -3.99. The zero-order valence-electron chi connectivity index (χ0n) is 19.0. The van der Waals surface area contributed by atoms with Crippen molar-refractivity contribution >= 4 is 11.9 Å². The first-order valence-corrected chi connectivity index (χ1v) is 11.1. The Kier molecular flexibility index (Phi) is 8.92. The maximum absolute atomic E-state index is 14.9. The molecule has 0 unspecified atom stereocenters. The highest BCUT2D eigenvalue weighted by atomic mass is 19.1. The molecule has 0 aromatic heterocycles. The Morgan fingerprint density at radius 2 is 1.56 bits per heavy atom. The summed E-state index contributed by atoms with van der Waals surface area (Å²) in [5.74, 6) is -0.653. The van der Waals surface area contributed by atoms with E-state index in [2.05, 4.69) is 13.2 Å². The van der Waals surface area contributed by atoms with Crippen LogP contribution < -0.4 is 4.74 Å². The highest BCUT2D eigenvalue weighted by molar-refractivity contribution is 5.81. The van der Waals surface area contributed by atoms with Gasteiger partial charge in [-0.05, 0) is 59.7 Å². The molecule has 0 amide bonds. The predicted octanol–water partition coefficient (Wildman–Crippen LogP) is 6.69. The van der Waals surface area contributed by atoms with Gasteiger partial charge >= 0.3 is 11.9 Å². The van der Waals surface area contributed by atoms with Gasteiger partial charge in [0.2, 0.25) is 0 Å². The quantitative estimate of drug-likeness (QED) is 0.106. The summed E-state index contributed by atoms with van der Waals surface area (Å²) in [7, 11) is 0. The molecule has 3 aromatic carbocycles. The summed E-state index contributed by atoms with van der Waals surface area (Å²) in [6.07, 6.45) is 5.14. The van der Waals surface area contributed by atoms with E-state index >= 15 is 0 Å². The van der Waals surface area contributed by atoms with Crippen LogP contribution in [0.4, 0.5) is 4.39 Å². The van der Waals surface area contributed by atoms with Crippen LogP contribution in [-0.2, 0) is 20.7 Å². The van der Waals surface area contributed by atoms with Gasteiger partial charge in [-0.2, -0.15) is 0 Å². The number of allylic oxidation sites excluding steroid dienone is 1. The summed E-state index contributed by atoms with van der Waals surface area (Å²) in [5.41, 5.74) is 3.97. The molecule has 0 saturated heterocycles. The summed E-state index contributed by atoms with van der Waals surface area (Å²) >= 11 is 0. The van der Waals surface area contributed by atoms with Crippen LogP contribution in [0.2, 0.25) is 0 Å². The molecule has 0 aliphatic rings. The van der Waals surface area contributed by atoms with Crippen molar-refractivity contribution in [1.29, 1.82) is 0 Å². The number of esters is 2.